The SMILES string of the molecule is CCC(C)C(NC(=O)C(N)Cc1ccccc1)C(=O)NC(CS)C(=O)NC(Cc1cnc[nH]1)C(=O)O. The van der Waals surface area contributed by atoms with Gasteiger partial charge in [-0.1, -0.05) is 50.6 Å². The lowest BCUT2D eigenvalue weighted by Crippen LogP contribution is -2.59. The lowest BCUT2D eigenvalue weighted by molar-refractivity contribution is -0.142. The van der Waals surface area contributed by atoms with Gasteiger partial charge in [0.05, 0.1) is 12.4 Å². The molecule has 0 saturated heterocycles. The standard InChI is InChI=1S/C24H34N6O5S/c1-3-14(2)20(30-21(31)17(25)9-15-7-5-4-6-8-15)23(33)29-19(12-36)22(32)28-18(24(34)35)10-16-11-26-13-27-16/h4-8,11,13-14,17-20,36H,3,9-10,12,25H2,1-2H3,(H,26,27)(H,28,32)(H,29,33)(H,30,31)(H,34,35). The predicted octanol–water partition coefficient (Wildman–Crippen LogP) is 0.0371. The zero-order valence-electron chi connectivity index (χ0n) is 20.3. The van der Waals surface area contributed by atoms with Gasteiger partial charge in [0, 0.05) is 24.1 Å². The molecule has 1 aromatic carbocycles. The van der Waals surface area contributed by atoms with E-state index in [0.717, 1.165) is 5.56 Å². The van der Waals surface area contributed by atoms with Gasteiger partial charge >= 0.3 is 5.97 Å². The molecule has 0 aliphatic heterocycles. The summed E-state index contributed by atoms with van der Waals surface area (Å²) < 4.78 is 0. The summed E-state index contributed by atoms with van der Waals surface area (Å²) in [6, 6.07) is 5.11. The molecule has 11 nitrogen and oxygen atoms in total. The van der Waals surface area contributed by atoms with E-state index in [-0.39, 0.29) is 18.1 Å². The van der Waals surface area contributed by atoms with Gasteiger partial charge in [0.2, 0.25) is 17.7 Å². The molecule has 3 amide bonds. The maximum atomic E-state index is 13.1. The Morgan fingerprint density at radius 2 is 1.69 bits per heavy atom. The molecule has 0 saturated carbocycles. The summed E-state index contributed by atoms with van der Waals surface area (Å²) in [5, 5.41) is 17.2. The molecule has 196 valence electrons. The number of hydrogen-bond acceptors (Lipinski definition) is 7. The van der Waals surface area contributed by atoms with Crippen LogP contribution in [0.5, 0.6) is 0 Å². The number of amides is 3. The second-order valence-electron chi connectivity index (χ2n) is 8.59. The van der Waals surface area contributed by atoms with Crippen LogP contribution >= 0.6 is 12.6 Å². The fourth-order valence-corrected chi connectivity index (χ4v) is 3.72. The van der Waals surface area contributed by atoms with Gasteiger partial charge in [-0.15, -0.1) is 0 Å². The maximum absolute atomic E-state index is 13.1. The number of rotatable bonds is 14. The average Bonchev–Trinajstić information content (AvgIpc) is 3.38. The lowest BCUT2D eigenvalue weighted by atomic mass is 9.97. The summed E-state index contributed by atoms with van der Waals surface area (Å²) in [6.07, 6.45) is 3.73. The monoisotopic (exact) mass is 518 g/mol. The van der Waals surface area contributed by atoms with Crippen molar-refractivity contribution in [2.75, 3.05) is 5.75 Å². The molecule has 1 heterocycles. The zero-order valence-corrected chi connectivity index (χ0v) is 21.2. The summed E-state index contributed by atoms with van der Waals surface area (Å²) in [5.41, 5.74) is 7.49. The van der Waals surface area contributed by atoms with Crippen LogP contribution in [0.3, 0.4) is 0 Å². The van der Waals surface area contributed by atoms with Gasteiger partial charge in [-0.25, -0.2) is 9.78 Å². The maximum Gasteiger partial charge on any atom is 0.326 e. The van der Waals surface area contributed by atoms with Gasteiger partial charge in [0.25, 0.3) is 0 Å². The third kappa shape index (κ3) is 8.68. The van der Waals surface area contributed by atoms with E-state index in [2.05, 4.69) is 38.5 Å². The van der Waals surface area contributed by atoms with Gasteiger partial charge in [0.1, 0.15) is 18.1 Å². The minimum Gasteiger partial charge on any atom is -0.480 e. The number of carboxylic acids is 1. The highest BCUT2D eigenvalue weighted by Gasteiger charge is 2.32. The number of carboxylic acid groups (broad SMARTS) is 1. The van der Waals surface area contributed by atoms with Crippen LogP contribution in [0.1, 0.15) is 31.5 Å². The fraction of sp³-hybridized carbons (Fsp3) is 0.458. The van der Waals surface area contributed by atoms with Crippen LogP contribution < -0.4 is 21.7 Å². The molecule has 0 fully saturated rings. The Morgan fingerprint density at radius 3 is 2.25 bits per heavy atom. The van der Waals surface area contributed by atoms with Crippen LogP contribution in [-0.2, 0) is 32.0 Å². The molecule has 1 aromatic heterocycles. The van der Waals surface area contributed by atoms with Crippen molar-refractivity contribution in [2.45, 2.75) is 57.3 Å². The van der Waals surface area contributed by atoms with Gasteiger partial charge < -0.3 is 31.8 Å². The van der Waals surface area contributed by atoms with E-state index in [1.54, 1.807) is 6.92 Å². The Balaban J connectivity index is 2.04. The molecule has 12 heteroatoms. The number of aliphatic carboxylic acids is 1. The largest absolute Gasteiger partial charge is 0.480 e. The van der Waals surface area contributed by atoms with E-state index in [1.807, 2.05) is 37.3 Å². The minimum absolute atomic E-state index is 0.0147. The molecular formula is C24H34N6O5S. The van der Waals surface area contributed by atoms with E-state index in [4.69, 9.17) is 5.73 Å². The number of hydrogen-bond donors (Lipinski definition) is 7. The van der Waals surface area contributed by atoms with E-state index in [1.165, 1.54) is 12.5 Å². The number of nitrogens with zero attached hydrogens (tertiary/aromatic N) is 1. The Kier molecular flexibility index (Phi) is 11.4. The Bertz CT molecular complexity index is 1000. The number of carbonyl (C=O) groups is 4. The first-order valence-electron chi connectivity index (χ1n) is 11.7. The summed E-state index contributed by atoms with van der Waals surface area (Å²) in [7, 11) is 0. The summed E-state index contributed by atoms with van der Waals surface area (Å²) in [5.74, 6) is -3.35. The molecular weight excluding hydrogens is 484 g/mol. The smallest absolute Gasteiger partial charge is 0.326 e. The van der Waals surface area contributed by atoms with Crippen molar-refractivity contribution in [3.05, 3.63) is 54.1 Å². The number of nitrogens with two attached hydrogens (primary N) is 1. The third-order valence-corrected chi connectivity index (χ3v) is 6.20. The number of aromatic nitrogens is 2. The van der Waals surface area contributed by atoms with Crippen molar-refractivity contribution in [1.29, 1.82) is 0 Å². The van der Waals surface area contributed by atoms with Gasteiger partial charge in [-0.3, -0.25) is 14.4 Å². The number of benzene rings is 1. The molecule has 0 aliphatic carbocycles. The molecule has 2 aromatic rings. The zero-order chi connectivity index (χ0) is 26.7. The average molecular weight is 519 g/mol. The predicted molar refractivity (Wildman–Crippen MR) is 137 cm³/mol. The van der Waals surface area contributed by atoms with Crippen molar-refractivity contribution >= 4 is 36.3 Å². The molecule has 0 spiro atoms. The fourth-order valence-electron chi connectivity index (χ4n) is 3.47. The Labute approximate surface area is 215 Å². The third-order valence-electron chi connectivity index (χ3n) is 5.84. The molecule has 5 atom stereocenters. The lowest BCUT2D eigenvalue weighted by Gasteiger charge is -2.27. The summed E-state index contributed by atoms with van der Waals surface area (Å²) >= 11 is 4.15. The second kappa shape index (κ2) is 14.2. The molecule has 5 unspecified atom stereocenters. The number of imidazole rings is 1. The number of H-pyrrole nitrogens is 1. The number of carbonyl (C=O) groups excluding carboxylic acids is 3. The number of thiol groups is 1. The van der Waals surface area contributed by atoms with Crippen LogP contribution in [0.4, 0.5) is 0 Å². The number of aromatic amines is 1. The summed E-state index contributed by atoms with van der Waals surface area (Å²) in [6.45, 7) is 3.67. The van der Waals surface area contributed by atoms with E-state index in [0.29, 0.717) is 18.5 Å². The normalized spacial score (nSPS) is 15.1. The molecule has 7 N–H and O–H groups in total. The van der Waals surface area contributed by atoms with E-state index in [9.17, 15) is 24.3 Å². The highest BCUT2D eigenvalue weighted by molar-refractivity contribution is 7.80. The van der Waals surface area contributed by atoms with Crippen molar-refractivity contribution < 1.29 is 24.3 Å². The van der Waals surface area contributed by atoms with Gasteiger partial charge in [-0.05, 0) is 17.9 Å². The van der Waals surface area contributed by atoms with E-state index >= 15 is 0 Å². The van der Waals surface area contributed by atoms with Crippen LogP contribution in [-0.4, -0.2) is 68.7 Å². The minimum atomic E-state index is -1.24. The van der Waals surface area contributed by atoms with Crippen LogP contribution in [0.15, 0.2) is 42.9 Å². The van der Waals surface area contributed by atoms with Crippen molar-refractivity contribution in [3.63, 3.8) is 0 Å². The molecule has 0 aliphatic rings. The quantitative estimate of drug-likeness (QED) is 0.172. The second-order valence-corrected chi connectivity index (χ2v) is 8.96. The van der Waals surface area contributed by atoms with Gasteiger partial charge in [-0.2, -0.15) is 12.6 Å². The van der Waals surface area contributed by atoms with Crippen LogP contribution in [0.2, 0.25) is 0 Å². The summed E-state index contributed by atoms with van der Waals surface area (Å²) in [4.78, 5) is 56.9. The highest BCUT2D eigenvalue weighted by Crippen LogP contribution is 2.10. The first-order chi connectivity index (χ1) is 17.2. The Hall–Kier alpha value is -3.38. The van der Waals surface area contributed by atoms with Crippen molar-refractivity contribution in [3.8, 4) is 0 Å². The van der Waals surface area contributed by atoms with Crippen molar-refractivity contribution in [2.24, 2.45) is 11.7 Å². The highest BCUT2D eigenvalue weighted by atomic mass is 32.1. The molecule has 0 radical (unpaired) electrons. The molecule has 36 heavy (non-hydrogen) atoms. The first kappa shape index (κ1) is 28.9. The van der Waals surface area contributed by atoms with Crippen molar-refractivity contribution in [1.82, 2.24) is 25.9 Å². The molecule has 2 rings (SSSR count). The molecule has 0 bridgehead atoms. The Morgan fingerprint density at radius 1 is 1.03 bits per heavy atom. The van der Waals surface area contributed by atoms with Crippen LogP contribution in [0.25, 0.3) is 0 Å². The number of nitrogens with one attached hydrogen (secondary N) is 4. The van der Waals surface area contributed by atoms with E-state index < -0.39 is 47.9 Å². The van der Waals surface area contributed by atoms with Gasteiger partial charge in [0.15, 0.2) is 0 Å². The van der Waals surface area contributed by atoms with Crippen LogP contribution in [0, 0.1) is 5.92 Å². The topological polar surface area (TPSA) is 179 Å². The first-order valence-corrected chi connectivity index (χ1v) is 12.3.